The van der Waals surface area contributed by atoms with Crippen LogP contribution in [0.2, 0.25) is 0 Å². The molecule has 0 radical (unpaired) electrons. The molecule has 0 spiro atoms. The third kappa shape index (κ3) is 4.28. The first-order valence-electron chi connectivity index (χ1n) is 12.1. The summed E-state index contributed by atoms with van der Waals surface area (Å²) in [7, 11) is -2.95. The van der Waals surface area contributed by atoms with Crippen molar-refractivity contribution in [2.45, 2.75) is 25.3 Å². The van der Waals surface area contributed by atoms with Crippen LogP contribution in [-0.4, -0.2) is 38.8 Å². The molecule has 3 aliphatic rings. The first-order valence-corrected chi connectivity index (χ1v) is 13.9. The molecule has 0 amide bonds. The van der Waals surface area contributed by atoms with Crippen molar-refractivity contribution >= 4 is 21.4 Å². The van der Waals surface area contributed by atoms with Crippen LogP contribution in [0.1, 0.15) is 51.2 Å². The van der Waals surface area contributed by atoms with Crippen LogP contribution in [0.15, 0.2) is 48.5 Å². The number of hydrogen-bond donors (Lipinski definition) is 3. The van der Waals surface area contributed by atoms with Crippen LogP contribution < -0.4 is 16.0 Å². The predicted molar refractivity (Wildman–Crippen MR) is 136 cm³/mol. The zero-order chi connectivity index (χ0) is 25.9. The van der Waals surface area contributed by atoms with Gasteiger partial charge in [-0.15, -0.1) is 0 Å². The summed E-state index contributed by atoms with van der Waals surface area (Å²) in [6.45, 7) is 1.38. The summed E-state index contributed by atoms with van der Waals surface area (Å²) in [5, 5.41) is 10.5. The first kappa shape index (κ1) is 24.0. The fraction of sp³-hybridized carbons (Fsp3) is 0.296. The second kappa shape index (κ2) is 8.90. The molecule has 3 aromatic rings. The molecule has 37 heavy (non-hydrogen) atoms. The van der Waals surface area contributed by atoms with Crippen molar-refractivity contribution in [1.29, 1.82) is 5.41 Å². The van der Waals surface area contributed by atoms with E-state index in [0.29, 0.717) is 19.6 Å². The Balaban J connectivity index is 1.17. The van der Waals surface area contributed by atoms with Crippen LogP contribution in [0.3, 0.4) is 0 Å². The highest BCUT2D eigenvalue weighted by atomic mass is 32.2. The molecule has 10 heteroatoms. The Kier molecular flexibility index (Phi) is 5.78. The van der Waals surface area contributed by atoms with E-state index >= 15 is 0 Å². The Bertz CT molecular complexity index is 1510. The van der Waals surface area contributed by atoms with Crippen molar-refractivity contribution < 1.29 is 21.9 Å². The van der Waals surface area contributed by atoms with Crippen molar-refractivity contribution in [2.75, 3.05) is 29.5 Å². The number of halogens is 2. The average Bonchev–Trinajstić information content (AvgIpc) is 3.42. The SMILES string of the molecule is N=C(N)c1cc(F)c(CNCc2ccc3c(c2)[C@@H]2O[C@H]3c3ccc(N4CCS(=O)(=O)CC4)cc32)c(F)c1. The van der Waals surface area contributed by atoms with Crippen LogP contribution in [0.25, 0.3) is 0 Å². The Morgan fingerprint density at radius 3 is 2.24 bits per heavy atom. The molecule has 3 heterocycles. The summed E-state index contributed by atoms with van der Waals surface area (Å²) in [5.74, 6) is -1.53. The summed E-state index contributed by atoms with van der Waals surface area (Å²) in [4.78, 5) is 2.11. The van der Waals surface area contributed by atoms with E-state index < -0.39 is 21.5 Å². The number of nitrogens with two attached hydrogens (primary N) is 1. The van der Waals surface area contributed by atoms with E-state index in [4.69, 9.17) is 15.9 Å². The monoisotopic (exact) mass is 524 g/mol. The number of benzene rings is 3. The molecule has 2 atom stereocenters. The molecule has 0 saturated carbocycles. The molecule has 7 nitrogen and oxygen atoms in total. The minimum atomic E-state index is -2.95. The van der Waals surface area contributed by atoms with Crippen molar-refractivity contribution in [1.82, 2.24) is 5.32 Å². The molecule has 0 unspecified atom stereocenters. The molecule has 3 aromatic carbocycles. The van der Waals surface area contributed by atoms with Crippen LogP contribution in [0.5, 0.6) is 0 Å². The lowest BCUT2D eigenvalue weighted by Gasteiger charge is -2.29. The van der Waals surface area contributed by atoms with Crippen LogP contribution in [0, 0.1) is 17.0 Å². The second-order valence-electron chi connectivity index (χ2n) is 9.75. The third-order valence-electron chi connectivity index (χ3n) is 7.42. The number of hydrogen-bond acceptors (Lipinski definition) is 6. The van der Waals surface area contributed by atoms with Crippen LogP contribution >= 0.6 is 0 Å². The highest BCUT2D eigenvalue weighted by molar-refractivity contribution is 7.91. The van der Waals surface area contributed by atoms with Gasteiger partial charge in [0.15, 0.2) is 9.84 Å². The lowest BCUT2D eigenvalue weighted by molar-refractivity contribution is 0.0857. The number of sulfone groups is 1. The predicted octanol–water partition coefficient (Wildman–Crippen LogP) is 3.30. The Morgan fingerprint density at radius 2 is 1.57 bits per heavy atom. The van der Waals surface area contributed by atoms with Gasteiger partial charge in [-0.25, -0.2) is 17.2 Å². The molecule has 192 valence electrons. The van der Waals surface area contributed by atoms with Gasteiger partial charge in [0.05, 0.1) is 11.5 Å². The quantitative estimate of drug-likeness (QED) is 0.337. The maximum absolute atomic E-state index is 14.3. The molecular weight excluding hydrogens is 498 g/mol. The molecule has 0 aliphatic carbocycles. The normalized spacial score (nSPS) is 21.1. The lowest BCUT2D eigenvalue weighted by atomic mass is 9.85. The molecule has 6 rings (SSSR count). The number of nitrogen functional groups attached to an aromatic ring is 1. The minimum absolute atomic E-state index is 0.00671. The molecule has 0 aromatic heterocycles. The van der Waals surface area contributed by atoms with Gasteiger partial charge in [0, 0.05) is 43.0 Å². The topological polar surface area (TPSA) is 109 Å². The van der Waals surface area contributed by atoms with E-state index in [9.17, 15) is 17.2 Å². The van der Waals surface area contributed by atoms with E-state index in [1.165, 1.54) is 0 Å². The minimum Gasteiger partial charge on any atom is -0.384 e. The van der Waals surface area contributed by atoms with Gasteiger partial charge in [-0.2, -0.15) is 0 Å². The lowest BCUT2D eigenvalue weighted by Crippen LogP contribution is -2.40. The summed E-state index contributed by atoms with van der Waals surface area (Å²) in [5.41, 5.74) is 11.7. The van der Waals surface area contributed by atoms with E-state index in [-0.39, 0.29) is 47.2 Å². The highest BCUT2D eigenvalue weighted by Crippen LogP contribution is 2.54. The Morgan fingerprint density at radius 1 is 0.946 bits per heavy atom. The average molecular weight is 525 g/mol. The highest BCUT2D eigenvalue weighted by Gasteiger charge is 2.43. The molecule has 2 bridgehead atoms. The summed E-state index contributed by atoms with van der Waals surface area (Å²) in [6.07, 6.45) is -0.326. The van der Waals surface area contributed by atoms with Crippen molar-refractivity contribution in [2.24, 2.45) is 5.73 Å². The number of fused-ring (bicyclic) bond motifs is 8. The van der Waals surface area contributed by atoms with Gasteiger partial charge in [-0.3, -0.25) is 5.41 Å². The number of nitrogens with one attached hydrogen (secondary N) is 2. The first-order chi connectivity index (χ1) is 17.7. The largest absolute Gasteiger partial charge is 0.384 e. The number of rotatable bonds is 6. The van der Waals surface area contributed by atoms with Crippen molar-refractivity contribution in [3.63, 3.8) is 0 Å². The third-order valence-corrected chi connectivity index (χ3v) is 9.03. The number of amidine groups is 1. The summed E-state index contributed by atoms with van der Waals surface area (Å²) < 4.78 is 58.6. The van der Waals surface area contributed by atoms with E-state index in [2.05, 4.69) is 28.4 Å². The second-order valence-corrected chi connectivity index (χ2v) is 12.1. The standard InChI is InChI=1S/C27H26F2N4O3S/c28-23-10-16(27(30)31)11-24(29)22(23)14-32-13-15-1-3-18-20(9-15)26-21-12-17(2-4-19(21)25(18)36-26)33-5-7-37(34,35)8-6-33/h1-4,9-12,25-26,32H,5-8,13-14H2,(H3,30,31)/t25-,26+/m1/s1. The van der Waals surface area contributed by atoms with Crippen molar-refractivity contribution in [3.8, 4) is 0 Å². The Hall–Kier alpha value is -3.34. The van der Waals surface area contributed by atoms with Gasteiger partial charge < -0.3 is 20.7 Å². The zero-order valence-corrected chi connectivity index (χ0v) is 20.7. The Labute approximate surface area is 213 Å². The van der Waals surface area contributed by atoms with Crippen LogP contribution in [-0.2, 0) is 27.7 Å². The van der Waals surface area contributed by atoms with Gasteiger partial charge in [0.2, 0.25) is 0 Å². The maximum Gasteiger partial charge on any atom is 0.153 e. The number of ether oxygens (including phenoxy) is 1. The van der Waals surface area contributed by atoms with Gasteiger partial charge in [0.1, 0.15) is 29.7 Å². The number of nitrogens with zero attached hydrogens (tertiary/aromatic N) is 1. The van der Waals surface area contributed by atoms with Crippen LogP contribution in [0.4, 0.5) is 14.5 Å². The number of anilines is 1. The zero-order valence-electron chi connectivity index (χ0n) is 19.9. The smallest absolute Gasteiger partial charge is 0.153 e. The van der Waals surface area contributed by atoms with E-state index in [1.807, 2.05) is 18.2 Å². The summed E-state index contributed by atoms with van der Waals surface area (Å²) in [6, 6.07) is 14.5. The van der Waals surface area contributed by atoms with E-state index in [0.717, 1.165) is 45.6 Å². The maximum atomic E-state index is 14.3. The summed E-state index contributed by atoms with van der Waals surface area (Å²) >= 11 is 0. The van der Waals surface area contributed by atoms with Crippen molar-refractivity contribution in [3.05, 3.63) is 99.1 Å². The molecule has 3 aliphatic heterocycles. The molecular formula is C27H26F2N4O3S. The molecule has 1 saturated heterocycles. The fourth-order valence-electron chi connectivity index (χ4n) is 5.42. The van der Waals surface area contributed by atoms with Gasteiger partial charge in [-0.05, 0) is 52.1 Å². The molecule has 1 fully saturated rings. The van der Waals surface area contributed by atoms with Gasteiger partial charge in [0.25, 0.3) is 0 Å². The fourth-order valence-corrected chi connectivity index (χ4v) is 6.62. The van der Waals surface area contributed by atoms with Gasteiger partial charge >= 0.3 is 0 Å². The molecule has 4 N–H and O–H groups in total. The van der Waals surface area contributed by atoms with E-state index in [1.54, 1.807) is 0 Å². The van der Waals surface area contributed by atoms with Gasteiger partial charge in [-0.1, -0.05) is 24.3 Å².